The number of piperazine rings is 1. The largest absolute Gasteiger partial charge is 0.335 e. The van der Waals surface area contributed by atoms with Crippen LogP contribution < -0.4 is 0 Å². The van der Waals surface area contributed by atoms with Gasteiger partial charge in [0.25, 0.3) is 11.8 Å². The summed E-state index contributed by atoms with van der Waals surface area (Å²) in [6.45, 7) is 2.08. The predicted molar refractivity (Wildman–Crippen MR) is 123 cm³/mol. The molecule has 0 atom stereocenters. The average molecular weight is 449 g/mol. The standard InChI is InChI=1S/C23H20N4O2S2/c28-22(25-10-12-26(13-11-25)23(29)20-9-5-15-31-20)18-16-27(17-6-2-1-3-7-17)24-21(18)19-8-4-14-30-19/h1-9,14-16H,10-13H2. The maximum atomic E-state index is 13.4. The maximum absolute atomic E-state index is 13.4. The van der Waals surface area contributed by atoms with Gasteiger partial charge in [0.15, 0.2) is 0 Å². The summed E-state index contributed by atoms with van der Waals surface area (Å²) in [6.07, 6.45) is 1.82. The lowest BCUT2D eigenvalue weighted by Gasteiger charge is -2.34. The molecule has 0 aliphatic carbocycles. The number of hydrogen-bond acceptors (Lipinski definition) is 5. The van der Waals surface area contributed by atoms with Gasteiger partial charge >= 0.3 is 0 Å². The van der Waals surface area contributed by atoms with E-state index in [4.69, 9.17) is 5.10 Å². The van der Waals surface area contributed by atoms with E-state index in [1.54, 1.807) is 16.0 Å². The Labute approximate surface area is 188 Å². The molecule has 1 aliphatic heterocycles. The summed E-state index contributed by atoms with van der Waals surface area (Å²) in [5.74, 6) is -0.00734. The molecule has 6 nitrogen and oxygen atoms in total. The molecule has 156 valence electrons. The van der Waals surface area contributed by atoms with Crippen LogP contribution in [0.2, 0.25) is 0 Å². The number of carbonyl (C=O) groups is 2. The lowest BCUT2D eigenvalue weighted by Crippen LogP contribution is -2.50. The van der Waals surface area contributed by atoms with Gasteiger partial charge in [0, 0.05) is 32.4 Å². The van der Waals surface area contributed by atoms with E-state index in [0.717, 1.165) is 15.4 Å². The highest BCUT2D eigenvalue weighted by molar-refractivity contribution is 7.13. The lowest BCUT2D eigenvalue weighted by molar-refractivity contribution is 0.0538. The van der Waals surface area contributed by atoms with Crippen LogP contribution in [0.5, 0.6) is 0 Å². The van der Waals surface area contributed by atoms with Crippen molar-refractivity contribution in [1.82, 2.24) is 19.6 Å². The number of carbonyl (C=O) groups excluding carboxylic acids is 2. The molecule has 5 rings (SSSR count). The van der Waals surface area contributed by atoms with Crippen molar-refractivity contribution in [2.45, 2.75) is 0 Å². The molecule has 0 unspecified atom stereocenters. The van der Waals surface area contributed by atoms with Gasteiger partial charge in [-0.2, -0.15) is 5.10 Å². The molecule has 1 aromatic carbocycles. The highest BCUT2D eigenvalue weighted by Crippen LogP contribution is 2.29. The van der Waals surface area contributed by atoms with Gasteiger partial charge in [-0.3, -0.25) is 9.59 Å². The van der Waals surface area contributed by atoms with Crippen molar-refractivity contribution >= 4 is 34.5 Å². The Morgan fingerprint density at radius 3 is 2.10 bits per heavy atom. The van der Waals surface area contributed by atoms with Gasteiger partial charge in [0.2, 0.25) is 0 Å². The van der Waals surface area contributed by atoms with Crippen LogP contribution in [0.1, 0.15) is 20.0 Å². The van der Waals surface area contributed by atoms with Crippen LogP contribution in [0, 0.1) is 0 Å². The minimum atomic E-state index is -0.0474. The average Bonchev–Trinajstić information content (AvgIpc) is 3.60. The van der Waals surface area contributed by atoms with Crippen molar-refractivity contribution in [1.29, 1.82) is 0 Å². The van der Waals surface area contributed by atoms with Crippen molar-refractivity contribution in [2.75, 3.05) is 26.2 Å². The Morgan fingerprint density at radius 1 is 0.774 bits per heavy atom. The van der Waals surface area contributed by atoms with E-state index < -0.39 is 0 Å². The Balaban J connectivity index is 1.38. The molecule has 0 saturated carbocycles. The fourth-order valence-corrected chi connectivity index (χ4v) is 5.09. The summed E-state index contributed by atoms with van der Waals surface area (Å²) in [5, 5.41) is 8.62. The van der Waals surface area contributed by atoms with Crippen molar-refractivity contribution in [3.05, 3.63) is 82.0 Å². The summed E-state index contributed by atoms with van der Waals surface area (Å²) in [6, 6.07) is 17.5. The first-order valence-electron chi connectivity index (χ1n) is 10.0. The normalized spacial score (nSPS) is 14.1. The number of benzene rings is 1. The molecular formula is C23H20N4O2S2. The smallest absolute Gasteiger partial charge is 0.264 e. The molecule has 1 saturated heterocycles. The number of hydrogen-bond donors (Lipinski definition) is 0. The molecule has 1 fully saturated rings. The van der Waals surface area contributed by atoms with E-state index in [1.807, 2.05) is 81.4 Å². The van der Waals surface area contributed by atoms with E-state index in [9.17, 15) is 9.59 Å². The maximum Gasteiger partial charge on any atom is 0.264 e. The summed E-state index contributed by atoms with van der Waals surface area (Å²) >= 11 is 3.02. The summed E-state index contributed by atoms with van der Waals surface area (Å²) in [7, 11) is 0. The number of amides is 2. The van der Waals surface area contributed by atoms with Crippen molar-refractivity contribution in [2.24, 2.45) is 0 Å². The topological polar surface area (TPSA) is 58.4 Å². The third-order valence-corrected chi connectivity index (χ3v) is 7.04. The zero-order valence-corrected chi connectivity index (χ0v) is 18.3. The van der Waals surface area contributed by atoms with Gasteiger partial charge in [-0.1, -0.05) is 30.3 Å². The van der Waals surface area contributed by atoms with Gasteiger partial charge in [-0.15, -0.1) is 22.7 Å². The minimum absolute atomic E-state index is 0.0401. The van der Waals surface area contributed by atoms with Gasteiger partial charge < -0.3 is 9.80 Å². The van der Waals surface area contributed by atoms with Crippen LogP contribution in [0.15, 0.2) is 71.6 Å². The molecular weight excluding hydrogens is 428 g/mol. The first-order valence-corrected chi connectivity index (χ1v) is 11.8. The third-order valence-electron chi connectivity index (χ3n) is 5.31. The molecule has 0 radical (unpaired) electrons. The lowest BCUT2D eigenvalue weighted by atomic mass is 10.1. The zero-order valence-electron chi connectivity index (χ0n) is 16.7. The molecule has 31 heavy (non-hydrogen) atoms. The second-order valence-electron chi connectivity index (χ2n) is 7.21. The van der Waals surface area contributed by atoms with Gasteiger partial charge in [0.1, 0.15) is 5.69 Å². The first-order chi connectivity index (χ1) is 15.2. The summed E-state index contributed by atoms with van der Waals surface area (Å²) in [5.41, 5.74) is 2.19. The number of para-hydroxylation sites is 1. The molecule has 1 aliphatic rings. The summed E-state index contributed by atoms with van der Waals surface area (Å²) < 4.78 is 1.76. The number of aromatic nitrogens is 2. The molecule has 2 amide bonds. The van der Waals surface area contributed by atoms with Gasteiger partial charge in [0.05, 0.1) is 21.0 Å². The quantitative estimate of drug-likeness (QED) is 0.469. The van der Waals surface area contributed by atoms with Crippen molar-refractivity contribution < 1.29 is 9.59 Å². The molecule has 8 heteroatoms. The Hall–Kier alpha value is -3.23. The number of nitrogens with zero attached hydrogens (tertiary/aromatic N) is 4. The van der Waals surface area contributed by atoms with Crippen LogP contribution in [0.3, 0.4) is 0 Å². The predicted octanol–water partition coefficient (Wildman–Crippen LogP) is 4.26. The number of rotatable bonds is 4. The summed E-state index contributed by atoms with van der Waals surface area (Å²) in [4.78, 5) is 31.4. The molecule has 0 spiro atoms. The number of thiophene rings is 2. The van der Waals surface area contributed by atoms with Crippen molar-refractivity contribution in [3.8, 4) is 16.3 Å². The zero-order chi connectivity index (χ0) is 21.2. The Kier molecular flexibility index (Phi) is 5.40. The fraction of sp³-hybridized carbons (Fsp3) is 0.174. The SMILES string of the molecule is O=C(c1cccs1)N1CCN(C(=O)c2cn(-c3ccccc3)nc2-c2cccs2)CC1. The second kappa shape index (κ2) is 8.49. The minimum Gasteiger partial charge on any atom is -0.335 e. The van der Waals surface area contributed by atoms with Gasteiger partial charge in [-0.25, -0.2) is 4.68 Å². The van der Waals surface area contributed by atoms with E-state index in [-0.39, 0.29) is 11.8 Å². The highest BCUT2D eigenvalue weighted by Gasteiger charge is 2.29. The van der Waals surface area contributed by atoms with E-state index in [2.05, 4.69) is 0 Å². The first kappa shape index (κ1) is 19.7. The van der Waals surface area contributed by atoms with E-state index >= 15 is 0 Å². The molecule has 0 N–H and O–H groups in total. The molecule has 0 bridgehead atoms. The van der Waals surface area contributed by atoms with Gasteiger partial charge in [-0.05, 0) is 35.0 Å². The van der Waals surface area contributed by atoms with E-state index in [0.29, 0.717) is 37.4 Å². The Morgan fingerprint density at radius 2 is 1.45 bits per heavy atom. The van der Waals surface area contributed by atoms with E-state index in [1.165, 1.54) is 11.3 Å². The van der Waals surface area contributed by atoms with Crippen LogP contribution in [-0.2, 0) is 0 Å². The van der Waals surface area contributed by atoms with Crippen molar-refractivity contribution in [3.63, 3.8) is 0 Å². The van der Waals surface area contributed by atoms with Crippen LogP contribution in [0.4, 0.5) is 0 Å². The molecule has 3 aromatic heterocycles. The Bertz CT molecular complexity index is 1180. The molecule has 4 aromatic rings. The monoisotopic (exact) mass is 448 g/mol. The van der Waals surface area contributed by atoms with Crippen LogP contribution in [0.25, 0.3) is 16.3 Å². The second-order valence-corrected chi connectivity index (χ2v) is 9.11. The fourth-order valence-electron chi connectivity index (χ4n) is 3.68. The molecule has 4 heterocycles. The van der Waals surface area contributed by atoms with Crippen LogP contribution >= 0.6 is 22.7 Å². The highest BCUT2D eigenvalue weighted by atomic mass is 32.1. The van der Waals surface area contributed by atoms with Crippen LogP contribution in [-0.4, -0.2) is 57.6 Å². The third kappa shape index (κ3) is 3.92.